The lowest BCUT2D eigenvalue weighted by Gasteiger charge is -2.17. The summed E-state index contributed by atoms with van der Waals surface area (Å²) in [6.07, 6.45) is 0.0603. The average molecular weight is 410 g/mol. The summed E-state index contributed by atoms with van der Waals surface area (Å²) < 4.78 is 10.6. The Bertz CT molecular complexity index is 939. The molecule has 2 amide bonds. The van der Waals surface area contributed by atoms with Gasteiger partial charge in [0.05, 0.1) is 12.5 Å². The van der Waals surface area contributed by atoms with Gasteiger partial charge in [-0.2, -0.15) is 0 Å². The van der Waals surface area contributed by atoms with Gasteiger partial charge in [0.2, 0.25) is 5.91 Å². The zero-order valence-electron chi connectivity index (χ0n) is 17.4. The second-order valence-electron chi connectivity index (χ2n) is 7.29. The molecule has 0 radical (unpaired) electrons. The number of hydrogen-bond donors (Lipinski definition) is 1. The monoisotopic (exact) mass is 410 g/mol. The van der Waals surface area contributed by atoms with Crippen molar-refractivity contribution in [2.45, 2.75) is 27.2 Å². The topological polar surface area (TPSA) is 84.9 Å². The minimum atomic E-state index is -0.599. The quantitative estimate of drug-likeness (QED) is 0.709. The highest BCUT2D eigenvalue weighted by Gasteiger charge is 2.36. The summed E-state index contributed by atoms with van der Waals surface area (Å²) in [6.45, 7) is 6.24. The van der Waals surface area contributed by atoms with Gasteiger partial charge in [-0.3, -0.25) is 14.4 Å². The standard InChI is InChI=1S/C23H26N2O5/c1-4-29-20-9-7-19(8-10-20)25-13-17(12-22(25)27)23(28)30-14-21(26)24-18-6-5-15(2)16(3)11-18/h5-11,17H,4,12-14H2,1-3H3,(H,24,26)/t17-/m1/s1. The van der Waals surface area contributed by atoms with Gasteiger partial charge in [-0.25, -0.2) is 0 Å². The van der Waals surface area contributed by atoms with Crippen LogP contribution in [0.5, 0.6) is 5.75 Å². The number of nitrogens with one attached hydrogen (secondary N) is 1. The van der Waals surface area contributed by atoms with E-state index in [1.165, 1.54) is 0 Å². The van der Waals surface area contributed by atoms with Gasteiger partial charge in [0.15, 0.2) is 6.61 Å². The molecule has 0 bridgehead atoms. The van der Waals surface area contributed by atoms with E-state index in [1.54, 1.807) is 35.2 Å². The van der Waals surface area contributed by atoms with Crippen LogP contribution >= 0.6 is 0 Å². The maximum absolute atomic E-state index is 12.4. The van der Waals surface area contributed by atoms with Gasteiger partial charge >= 0.3 is 5.97 Å². The van der Waals surface area contributed by atoms with Gasteiger partial charge in [-0.15, -0.1) is 0 Å². The number of nitrogens with zero attached hydrogens (tertiary/aromatic N) is 1. The molecule has 0 unspecified atom stereocenters. The van der Waals surface area contributed by atoms with E-state index in [4.69, 9.17) is 9.47 Å². The van der Waals surface area contributed by atoms with Crippen LogP contribution < -0.4 is 15.0 Å². The van der Waals surface area contributed by atoms with Crippen LogP contribution in [-0.4, -0.2) is 37.5 Å². The Morgan fingerprint density at radius 2 is 1.83 bits per heavy atom. The zero-order valence-corrected chi connectivity index (χ0v) is 17.4. The number of amides is 2. The van der Waals surface area contributed by atoms with Crippen LogP contribution in [0.15, 0.2) is 42.5 Å². The van der Waals surface area contributed by atoms with E-state index < -0.39 is 17.8 Å². The third-order valence-corrected chi connectivity index (χ3v) is 5.05. The van der Waals surface area contributed by atoms with Crippen molar-refractivity contribution in [2.75, 3.05) is 30.0 Å². The fourth-order valence-corrected chi connectivity index (χ4v) is 3.27. The molecule has 1 heterocycles. The predicted octanol–water partition coefficient (Wildman–Crippen LogP) is 3.24. The van der Waals surface area contributed by atoms with E-state index in [0.717, 1.165) is 16.9 Å². The summed E-state index contributed by atoms with van der Waals surface area (Å²) in [5.41, 5.74) is 3.54. The van der Waals surface area contributed by atoms with E-state index in [2.05, 4.69) is 5.32 Å². The molecule has 7 nitrogen and oxygen atoms in total. The molecule has 0 aromatic heterocycles. The Balaban J connectivity index is 1.51. The Kier molecular flexibility index (Phi) is 6.72. The van der Waals surface area contributed by atoms with Crippen molar-refractivity contribution in [3.63, 3.8) is 0 Å². The maximum atomic E-state index is 12.4. The van der Waals surface area contributed by atoms with Gasteiger partial charge in [-0.05, 0) is 68.3 Å². The van der Waals surface area contributed by atoms with Crippen molar-refractivity contribution in [2.24, 2.45) is 5.92 Å². The SMILES string of the molecule is CCOc1ccc(N2C[C@H](C(=O)OCC(=O)Nc3ccc(C)c(C)c3)CC2=O)cc1. The molecule has 0 spiro atoms. The molecule has 3 rings (SSSR count). The number of hydrogen-bond acceptors (Lipinski definition) is 5. The molecule has 1 N–H and O–H groups in total. The normalized spacial score (nSPS) is 15.8. The van der Waals surface area contributed by atoms with Gasteiger partial charge < -0.3 is 19.7 Å². The molecule has 0 saturated carbocycles. The number of ether oxygens (including phenoxy) is 2. The summed E-state index contributed by atoms with van der Waals surface area (Å²) in [5, 5.41) is 2.71. The Hall–Kier alpha value is -3.35. The molecular weight excluding hydrogens is 384 g/mol. The van der Waals surface area contributed by atoms with E-state index in [1.807, 2.05) is 32.9 Å². The maximum Gasteiger partial charge on any atom is 0.311 e. The van der Waals surface area contributed by atoms with Crippen LogP contribution in [0, 0.1) is 19.8 Å². The van der Waals surface area contributed by atoms with Crippen molar-refractivity contribution in [1.29, 1.82) is 0 Å². The second-order valence-corrected chi connectivity index (χ2v) is 7.29. The van der Waals surface area contributed by atoms with Crippen molar-refractivity contribution < 1.29 is 23.9 Å². The Morgan fingerprint density at radius 3 is 2.50 bits per heavy atom. The van der Waals surface area contributed by atoms with Crippen molar-refractivity contribution >= 4 is 29.2 Å². The lowest BCUT2D eigenvalue weighted by Crippen LogP contribution is -2.28. The molecule has 2 aromatic carbocycles. The third kappa shape index (κ3) is 5.17. The van der Waals surface area contributed by atoms with Gasteiger partial charge in [-0.1, -0.05) is 6.07 Å². The molecule has 2 aromatic rings. The number of aryl methyl sites for hydroxylation is 2. The molecule has 1 atom stereocenters. The summed E-state index contributed by atoms with van der Waals surface area (Å²) in [4.78, 5) is 38.3. The highest BCUT2D eigenvalue weighted by molar-refractivity contribution is 6.00. The van der Waals surface area contributed by atoms with Crippen molar-refractivity contribution in [3.05, 3.63) is 53.6 Å². The first-order valence-electron chi connectivity index (χ1n) is 9.94. The molecule has 1 fully saturated rings. The minimum Gasteiger partial charge on any atom is -0.494 e. The van der Waals surface area contributed by atoms with E-state index in [-0.39, 0.29) is 25.5 Å². The first-order valence-corrected chi connectivity index (χ1v) is 9.94. The molecule has 30 heavy (non-hydrogen) atoms. The van der Waals surface area contributed by atoms with Crippen LogP contribution in [0.25, 0.3) is 0 Å². The molecule has 0 aliphatic carbocycles. The van der Waals surface area contributed by atoms with E-state index >= 15 is 0 Å². The highest BCUT2D eigenvalue weighted by atomic mass is 16.5. The van der Waals surface area contributed by atoms with Crippen LogP contribution in [-0.2, 0) is 19.1 Å². The Morgan fingerprint density at radius 1 is 1.10 bits per heavy atom. The third-order valence-electron chi connectivity index (χ3n) is 5.05. The van der Waals surface area contributed by atoms with Gasteiger partial charge in [0, 0.05) is 24.3 Å². The number of carbonyl (C=O) groups excluding carboxylic acids is 3. The first-order chi connectivity index (χ1) is 14.4. The predicted molar refractivity (Wildman–Crippen MR) is 114 cm³/mol. The average Bonchev–Trinajstić information content (AvgIpc) is 3.11. The minimum absolute atomic E-state index is 0.0603. The Labute approximate surface area is 176 Å². The van der Waals surface area contributed by atoms with Crippen LogP contribution in [0.1, 0.15) is 24.5 Å². The molecule has 1 aliphatic rings. The van der Waals surface area contributed by atoms with Crippen LogP contribution in [0.3, 0.4) is 0 Å². The van der Waals surface area contributed by atoms with Crippen LogP contribution in [0.2, 0.25) is 0 Å². The first kappa shape index (κ1) is 21.4. The largest absolute Gasteiger partial charge is 0.494 e. The number of carbonyl (C=O) groups is 3. The number of anilines is 2. The molecule has 1 saturated heterocycles. The summed E-state index contributed by atoms with van der Waals surface area (Å²) in [7, 11) is 0. The smallest absolute Gasteiger partial charge is 0.311 e. The van der Waals surface area contributed by atoms with E-state index in [0.29, 0.717) is 18.0 Å². The summed E-state index contributed by atoms with van der Waals surface area (Å²) in [5.74, 6) is -0.996. The fraction of sp³-hybridized carbons (Fsp3) is 0.348. The number of benzene rings is 2. The van der Waals surface area contributed by atoms with E-state index in [9.17, 15) is 14.4 Å². The zero-order chi connectivity index (χ0) is 21.7. The highest BCUT2D eigenvalue weighted by Crippen LogP contribution is 2.27. The van der Waals surface area contributed by atoms with Crippen molar-refractivity contribution in [3.8, 4) is 5.75 Å². The lowest BCUT2D eigenvalue weighted by atomic mass is 10.1. The second kappa shape index (κ2) is 9.43. The lowest BCUT2D eigenvalue weighted by molar-refractivity contribution is -0.151. The summed E-state index contributed by atoms with van der Waals surface area (Å²) in [6, 6.07) is 12.7. The van der Waals surface area contributed by atoms with Gasteiger partial charge in [0.25, 0.3) is 5.91 Å². The fourth-order valence-electron chi connectivity index (χ4n) is 3.27. The molecular formula is C23H26N2O5. The molecule has 7 heteroatoms. The number of esters is 1. The van der Waals surface area contributed by atoms with Crippen LogP contribution in [0.4, 0.5) is 11.4 Å². The van der Waals surface area contributed by atoms with Crippen molar-refractivity contribution in [1.82, 2.24) is 0 Å². The van der Waals surface area contributed by atoms with Gasteiger partial charge in [0.1, 0.15) is 5.75 Å². The summed E-state index contributed by atoms with van der Waals surface area (Å²) >= 11 is 0. The molecule has 1 aliphatic heterocycles. The molecule has 158 valence electrons. The number of rotatable bonds is 7.